The van der Waals surface area contributed by atoms with Gasteiger partial charge in [-0.25, -0.2) is 15.0 Å². The second-order valence-electron chi connectivity index (χ2n) is 7.96. The van der Waals surface area contributed by atoms with E-state index in [1.54, 1.807) is 23.3 Å². The van der Waals surface area contributed by atoms with Crippen LogP contribution in [0.5, 0.6) is 0 Å². The first-order valence-corrected chi connectivity index (χ1v) is 10.5. The summed E-state index contributed by atoms with van der Waals surface area (Å²) in [4.78, 5) is 28.8. The van der Waals surface area contributed by atoms with Crippen molar-refractivity contribution < 1.29 is 4.79 Å². The molecular formula is C23H24N8O. The van der Waals surface area contributed by atoms with Crippen LogP contribution in [0.15, 0.2) is 61.3 Å². The molecule has 9 heteroatoms. The van der Waals surface area contributed by atoms with Gasteiger partial charge in [0.1, 0.15) is 5.82 Å². The van der Waals surface area contributed by atoms with E-state index in [-0.39, 0.29) is 11.9 Å². The summed E-state index contributed by atoms with van der Waals surface area (Å²) in [6, 6.07) is 9.46. The van der Waals surface area contributed by atoms with Crippen LogP contribution >= 0.6 is 0 Å². The summed E-state index contributed by atoms with van der Waals surface area (Å²) < 4.78 is 3.66. The molecule has 0 spiro atoms. The fourth-order valence-corrected chi connectivity index (χ4v) is 4.04. The minimum Gasteiger partial charge on any atom is -0.347 e. The molecule has 3 aromatic heterocycles. The van der Waals surface area contributed by atoms with Crippen LogP contribution in [0.25, 0.3) is 22.6 Å². The van der Waals surface area contributed by atoms with Gasteiger partial charge in [0.05, 0.1) is 17.5 Å². The maximum Gasteiger partial charge on any atom is 0.252 e. The lowest BCUT2D eigenvalue weighted by molar-refractivity contribution is 0.0941. The fraction of sp³-hybridized carbons (Fsp3) is 0.261. The zero-order chi connectivity index (χ0) is 22.1. The first-order chi connectivity index (χ1) is 15.6. The summed E-state index contributed by atoms with van der Waals surface area (Å²) in [5.41, 5.74) is 3.22. The lowest BCUT2D eigenvalue weighted by Crippen LogP contribution is -2.37. The molecule has 1 fully saturated rings. The summed E-state index contributed by atoms with van der Waals surface area (Å²) >= 11 is 0. The molecule has 1 saturated heterocycles. The average molecular weight is 429 g/mol. The number of carbonyl (C=O) groups is 1. The monoisotopic (exact) mass is 428 g/mol. The molecule has 1 aromatic carbocycles. The number of hydrogen-bond donors (Lipinski definition) is 1. The van der Waals surface area contributed by atoms with Gasteiger partial charge in [-0.1, -0.05) is 18.2 Å². The Morgan fingerprint density at radius 3 is 2.78 bits per heavy atom. The molecule has 32 heavy (non-hydrogen) atoms. The molecule has 1 atom stereocenters. The Bertz CT molecular complexity index is 1260. The molecule has 1 amide bonds. The molecule has 4 aromatic rings. The fourth-order valence-electron chi connectivity index (χ4n) is 4.04. The van der Waals surface area contributed by atoms with E-state index in [1.807, 2.05) is 61.4 Å². The lowest BCUT2D eigenvalue weighted by atomic mass is 10.1. The van der Waals surface area contributed by atoms with Crippen molar-refractivity contribution >= 4 is 11.9 Å². The van der Waals surface area contributed by atoms with Gasteiger partial charge in [-0.2, -0.15) is 5.10 Å². The van der Waals surface area contributed by atoms with Crippen LogP contribution in [-0.2, 0) is 14.1 Å². The van der Waals surface area contributed by atoms with Crippen molar-refractivity contribution in [2.24, 2.45) is 14.1 Å². The SMILES string of the molecule is Cn1cc(-c2ccnc(N3CCC(NC(=O)c4ccccc4-c4nccn4C)C3)n2)cn1. The number of benzene rings is 1. The second-order valence-corrected chi connectivity index (χ2v) is 7.96. The zero-order valence-electron chi connectivity index (χ0n) is 18.0. The van der Waals surface area contributed by atoms with E-state index in [0.717, 1.165) is 35.6 Å². The molecule has 162 valence electrons. The largest absolute Gasteiger partial charge is 0.347 e. The normalized spacial score (nSPS) is 15.8. The Balaban J connectivity index is 1.30. The van der Waals surface area contributed by atoms with Crippen molar-refractivity contribution in [1.29, 1.82) is 0 Å². The number of aromatic nitrogens is 6. The number of anilines is 1. The minimum absolute atomic E-state index is 0.0163. The van der Waals surface area contributed by atoms with Gasteiger partial charge < -0.3 is 14.8 Å². The third-order valence-electron chi connectivity index (χ3n) is 5.68. The number of amides is 1. The number of hydrogen-bond acceptors (Lipinski definition) is 6. The van der Waals surface area contributed by atoms with E-state index < -0.39 is 0 Å². The van der Waals surface area contributed by atoms with Crippen molar-refractivity contribution in [3.8, 4) is 22.6 Å². The van der Waals surface area contributed by atoms with Gasteiger partial charge in [0.2, 0.25) is 5.95 Å². The van der Waals surface area contributed by atoms with Crippen LogP contribution in [0.4, 0.5) is 5.95 Å². The molecule has 1 N–H and O–H groups in total. The smallest absolute Gasteiger partial charge is 0.252 e. The molecule has 1 unspecified atom stereocenters. The number of carbonyl (C=O) groups excluding carboxylic acids is 1. The molecule has 0 radical (unpaired) electrons. The van der Waals surface area contributed by atoms with Crippen molar-refractivity contribution in [3.63, 3.8) is 0 Å². The second kappa shape index (κ2) is 8.26. The molecule has 4 heterocycles. The molecule has 9 nitrogen and oxygen atoms in total. The third kappa shape index (κ3) is 3.84. The topological polar surface area (TPSA) is 93.8 Å². The maximum absolute atomic E-state index is 13.1. The predicted octanol–water partition coefficient (Wildman–Crippen LogP) is 2.29. The summed E-state index contributed by atoms with van der Waals surface area (Å²) in [6.45, 7) is 1.44. The minimum atomic E-state index is -0.0968. The zero-order valence-corrected chi connectivity index (χ0v) is 18.0. The van der Waals surface area contributed by atoms with Crippen LogP contribution in [0.2, 0.25) is 0 Å². The van der Waals surface area contributed by atoms with Crippen molar-refractivity contribution in [2.45, 2.75) is 12.5 Å². The number of imidazole rings is 1. The summed E-state index contributed by atoms with van der Waals surface area (Å²) in [5, 5.41) is 7.39. The Morgan fingerprint density at radius 2 is 2.00 bits per heavy atom. The summed E-state index contributed by atoms with van der Waals surface area (Å²) in [6.07, 6.45) is 9.92. The van der Waals surface area contributed by atoms with E-state index in [0.29, 0.717) is 18.1 Å². The lowest BCUT2D eigenvalue weighted by Gasteiger charge is -2.18. The highest BCUT2D eigenvalue weighted by molar-refractivity contribution is 6.00. The first kappa shape index (κ1) is 19.9. The summed E-state index contributed by atoms with van der Waals surface area (Å²) in [5.74, 6) is 1.33. The number of aryl methyl sites for hydroxylation is 2. The van der Waals surface area contributed by atoms with Crippen LogP contribution in [0, 0.1) is 0 Å². The number of nitrogens with one attached hydrogen (secondary N) is 1. The van der Waals surface area contributed by atoms with E-state index >= 15 is 0 Å². The molecular weight excluding hydrogens is 404 g/mol. The van der Waals surface area contributed by atoms with Gasteiger partial charge in [-0.15, -0.1) is 0 Å². The van der Waals surface area contributed by atoms with Gasteiger partial charge in [-0.3, -0.25) is 9.48 Å². The summed E-state index contributed by atoms with van der Waals surface area (Å²) in [7, 11) is 3.80. The number of rotatable bonds is 5. The van der Waals surface area contributed by atoms with Crippen molar-refractivity contribution in [1.82, 2.24) is 34.6 Å². The molecule has 1 aliphatic rings. The Kier molecular flexibility index (Phi) is 5.14. The molecule has 5 rings (SSSR count). The quantitative estimate of drug-likeness (QED) is 0.524. The average Bonchev–Trinajstić information content (AvgIpc) is 3.55. The third-order valence-corrected chi connectivity index (χ3v) is 5.68. The Morgan fingerprint density at radius 1 is 1.12 bits per heavy atom. The molecule has 0 aliphatic carbocycles. The maximum atomic E-state index is 13.1. The van der Waals surface area contributed by atoms with Gasteiger partial charge in [0, 0.05) is 69.1 Å². The van der Waals surface area contributed by atoms with Gasteiger partial charge in [0.15, 0.2) is 0 Å². The van der Waals surface area contributed by atoms with E-state index in [4.69, 9.17) is 4.98 Å². The van der Waals surface area contributed by atoms with E-state index in [9.17, 15) is 4.79 Å². The van der Waals surface area contributed by atoms with E-state index in [2.05, 4.69) is 25.3 Å². The Labute approximate surface area is 185 Å². The van der Waals surface area contributed by atoms with Crippen molar-refractivity contribution in [2.75, 3.05) is 18.0 Å². The molecule has 1 aliphatic heterocycles. The van der Waals surface area contributed by atoms with E-state index in [1.165, 1.54) is 0 Å². The van der Waals surface area contributed by atoms with Crippen LogP contribution in [0.1, 0.15) is 16.8 Å². The van der Waals surface area contributed by atoms with Crippen LogP contribution in [0.3, 0.4) is 0 Å². The highest BCUT2D eigenvalue weighted by atomic mass is 16.1. The van der Waals surface area contributed by atoms with Crippen LogP contribution in [-0.4, -0.2) is 54.3 Å². The Hall–Kier alpha value is -4.01. The van der Waals surface area contributed by atoms with Crippen LogP contribution < -0.4 is 10.2 Å². The van der Waals surface area contributed by atoms with Gasteiger partial charge in [0.25, 0.3) is 5.91 Å². The molecule has 0 bridgehead atoms. The van der Waals surface area contributed by atoms with Gasteiger partial charge >= 0.3 is 0 Å². The molecule has 0 saturated carbocycles. The standard InChI is InChI=1S/C23H24N8O/c1-29-12-10-24-21(29)18-5-3-4-6-19(18)22(32)27-17-8-11-31(15-17)23-25-9-7-20(28-23)16-13-26-30(2)14-16/h3-7,9-10,12-14,17H,8,11,15H2,1-2H3,(H,27,32). The highest BCUT2D eigenvalue weighted by Crippen LogP contribution is 2.24. The predicted molar refractivity (Wildman–Crippen MR) is 121 cm³/mol. The van der Waals surface area contributed by atoms with Crippen molar-refractivity contribution in [3.05, 3.63) is 66.9 Å². The number of nitrogens with zero attached hydrogens (tertiary/aromatic N) is 7. The first-order valence-electron chi connectivity index (χ1n) is 10.5. The highest BCUT2D eigenvalue weighted by Gasteiger charge is 2.27. The van der Waals surface area contributed by atoms with Gasteiger partial charge in [-0.05, 0) is 18.6 Å².